The Kier molecular flexibility index (Phi) is 10.4. The minimum atomic E-state index is -1.74. The number of benzene rings is 2. The number of nitrogens with one attached hydrogen (secondary N) is 1. The number of carbonyl (C=O) groups excluding carboxylic acids is 1. The van der Waals surface area contributed by atoms with Crippen LogP contribution in [0.3, 0.4) is 0 Å². The number of rotatable bonds is 10. The topological polar surface area (TPSA) is 51.5 Å². The molecule has 0 fully saturated rings. The third-order valence-electron chi connectivity index (χ3n) is 8.35. The molecule has 4 rings (SSSR count). The second-order valence-corrected chi connectivity index (χ2v) is 19.1. The monoisotopic (exact) mass is 735 g/mol. The summed E-state index contributed by atoms with van der Waals surface area (Å²) in [5.41, 5.74) is 4.49. The van der Waals surface area contributed by atoms with Crippen LogP contribution in [0.5, 0.6) is 0 Å². The standard InChI is InChI=1S/C33H40NO3.ClH.Hg/c1-23(2)11-8-12-24(3)18-19-30(33(5)21-10-15-27-20-22-36-31(27)33)37-32(35)34-25(4)28-17-9-14-26-13-6-7-16-29(26)28;;/h6-7,9,11,13-14,16-18,20-22,25,30H,8,10,12,15,19H2,1-5H3,(H,34,35);1H;/q;;+1/p-1/b24-18+;;/t25-,30+,33+;;/m0../s1. The number of hydrogen-bond donors (Lipinski definition) is 1. The van der Waals surface area contributed by atoms with Crippen molar-refractivity contribution in [2.75, 3.05) is 0 Å². The molecule has 1 N–H and O–H groups in total. The third kappa shape index (κ3) is 7.00. The Morgan fingerprint density at radius 3 is 2.72 bits per heavy atom. The number of aryl methyl sites for hydroxylation is 1. The molecule has 0 saturated heterocycles. The number of fused-ring (bicyclic) bond motifs is 2. The van der Waals surface area contributed by atoms with Crippen molar-refractivity contribution in [2.24, 2.45) is 0 Å². The summed E-state index contributed by atoms with van der Waals surface area (Å²) in [5.74, 6) is 0.954. The van der Waals surface area contributed by atoms with Crippen LogP contribution in [0.15, 0.2) is 82.5 Å². The zero-order chi connectivity index (χ0) is 28.0. The van der Waals surface area contributed by atoms with E-state index in [1.54, 1.807) is 6.26 Å². The number of furan rings is 1. The van der Waals surface area contributed by atoms with E-state index in [9.17, 15) is 4.79 Å². The maximum absolute atomic E-state index is 13.5. The van der Waals surface area contributed by atoms with Crippen molar-refractivity contribution in [3.63, 3.8) is 0 Å². The molecule has 1 aromatic heterocycles. The van der Waals surface area contributed by atoms with Crippen molar-refractivity contribution < 1.29 is 37.3 Å². The Bertz CT molecular complexity index is 1340. The number of ether oxygens (including phenoxy) is 1. The van der Waals surface area contributed by atoms with Gasteiger partial charge in [0.2, 0.25) is 0 Å². The summed E-state index contributed by atoms with van der Waals surface area (Å²) < 4.78 is 12.8. The fraction of sp³-hybridized carbons (Fsp3) is 0.424. The average molecular weight is 735 g/mol. The van der Waals surface area contributed by atoms with Crippen molar-refractivity contribution in [1.82, 2.24) is 5.32 Å². The van der Waals surface area contributed by atoms with Crippen LogP contribution in [0.4, 0.5) is 4.79 Å². The van der Waals surface area contributed by atoms with E-state index in [1.165, 1.54) is 16.7 Å². The molecule has 0 radical (unpaired) electrons. The normalized spacial score (nSPS) is 20.5. The molecule has 4 atom stereocenters. The zero-order valence-electron chi connectivity index (χ0n) is 23.9. The van der Waals surface area contributed by atoms with E-state index in [0.29, 0.717) is 9.85 Å². The van der Waals surface area contributed by atoms with Gasteiger partial charge in [-0.3, -0.25) is 0 Å². The van der Waals surface area contributed by atoms with Crippen LogP contribution in [0.1, 0.15) is 83.2 Å². The number of amides is 1. The molecule has 0 saturated carbocycles. The number of carbonyl (C=O) groups is 1. The molecule has 4 nitrogen and oxygen atoms in total. The Morgan fingerprint density at radius 1 is 1.18 bits per heavy atom. The van der Waals surface area contributed by atoms with Crippen LogP contribution >= 0.6 is 8.25 Å². The number of allylic oxidation sites excluding steroid dienone is 3. The summed E-state index contributed by atoms with van der Waals surface area (Å²) in [6.45, 7) is 10.6. The van der Waals surface area contributed by atoms with Crippen LogP contribution in [-0.2, 0) is 39.9 Å². The minimum absolute atomic E-state index is 0.201. The first kappa shape index (κ1) is 29.9. The fourth-order valence-corrected chi connectivity index (χ4v) is 14.5. The zero-order valence-corrected chi connectivity index (χ0v) is 30.2. The van der Waals surface area contributed by atoms with Gasteiger partial charge in [-0.1, -0.05) is 0 Å². The van der Waals surface area contributed by atoms with E-state index in [4.69, 9.17) is 17.4 Å². The number of halogens is 1. The molecule has 3 aromatic rings. The van der Waals surface area contributed by atoms with Gasteiger partial charge in [0, 0.05) is 0 Å². The van der Waals surface area contributed by atoms with Gasteiger partial charge in [-0.25, -0.2) is 0 Å². The number of hydrogen-bond acceptors (Lipinski definition) is 3. The Hall–Kier alpha value is -2.04. The molecular formula is C33H40ClHgNO3. The molecule has 39 heavy (non-hydrogen) atoms. The molecule has 1 heterocycles. The molecule has 1 amide bonds. The molecule has 0 aliphatic heterocycles. The SMILES string of the molecule is CC(C)=CCC/C(C)=C/C[C@@H](OC(=O)N[C@@H](C)c1cccc2ccccc12)[C@]1(C)c2occc2CC[C@H]1[Hg][Cl]. The summed E-state index contributed by atoms with van der Waals surface area (Å²) in [6, 6.07) is 16.3. The molecule has 1 aliphatic rings. The van der Waals surface area contributed by atoms with Gasteiger partial charge in [-0.2, -0.15) is 0 Å². The van der Waals surface area contributed by atoms with Crippen molar-refractivity contribution in [1.29, 1.82) is 0 Å². The van der Waals surface area contributed by atoms with Gasteiger partial charge in [0.05, 0.1) is 0 Å². The first-order valence-corrected chi connectivity index (χ1v) is 24.0. The molecular weight excluding hydrogens is 694 g/mol. The van der Waals surface area contributed by atoms with Crippen LogP contribution in [0.25, 0.3) is 10.8 Å². The Balaban J connectivity index is 1.59. The summed E-state index contributed by atoms with van der Waals surface area (Å²) >= 11 is -1.74. The summed E-state index contributed by atoms with van der Waals surface area (Å²) in [6.07, 6.45) is 10.2. The van der Waals surface area contributed by atoms with E-state index in [2.05, 4.69) is 75.5 Å². The Labute approximate surface area is 249 Å². The third-order valence-corrected chi connectivity index (χ3v) is 17.9. The first-order valence-electron chi connectivity index (χ1n) is 14.1. The first-order chi connectivity index (χ1) is 18.7. The molecule has 6 heteroatoms. The van der Waals surface area contributed by atoms with Gasteiger partial charge >= 0.3 is 250 Å². The maximum atomic E-state index is 13.5. The number of alkyl carbamates (subject to hydrolysis) is 1. The van der Waals surface area contributed by atoms with Crippen molar-refractivity contribution >= 4 is 25.1 Å². The summed E-state index contributed by atoms with van der Waals surface area (Å²) in [4.78, 5) is 13.5. The van der Waals surface area contributed by atoms with E-state index in [-0.39, 0.29) is 12.1 Å². The van der Waals surface area contributed by atoms with Crippen molar-refractivity contribution in [3.05, 3.63) is 95.0 Å². The summed E-state index contributed by atoms with van der Waals surface area (Å²) in [7, 11) is 6.76. The van der Waals surface area contributed by atoms with Gasteiger partial charge in [0.1, 0.15) is 0 Å². The molecule has 0 spiro atoms. The van der Waals surface area contributed by atoms with Crippen LogP contribution < -0.4 is 5.32 Å². The Morgan fingerprint density at radius 2 is 1.95 bits per heavy atom. The van der Waals surface area contributed by atoms with Gasteiger partial charge in [0.15, 0.2) is 0 Å². The van der Waals surface area contributed by atoms with Crippen LogP contribution in [0.2, 0.25) is 3.43 Å². The quantitative estimate of drug-likeness (QED) is 0.167. The molecule has 0 bridgehead atoms. The van der Waals surface area contributed by atoms with Gasteiger partial charge in [-0.05, 0) is 0 Å². The molecule has 2 aromatic carbocycles. The van der Waals surface area contributed by atoms with E-state index in [1.807, 2.05) is 25.1 Å². The second kappa shape index (κ2) is 13.5. The van der Waals surface area contributed by atoms with Crippen LogP contribution in [0, 0.1) is 0 Å². The van der Waals surface area contributed by atoms with Gasteiger partial charge < -0.3 is 0 Å². The molecule has 1 aliphatic carbocycles. The second-order valence-electron chi connectivity index (χ2n) is 11.4. The van der Waals surface area contributed by atoms with Gasteiger partial charge in [0.25, 0.3) is 0 Å². The predicted molar refractivity (Wildman–Crippen MR) is 157 cm³/mol. The summed E-state index contributed by atoms with van der Waals surface area (Å²) in [5, 5.41) is 5.41. The van der Waals surface area contributed by atoms with Crippen molar-refractivity contribution in [2.45, 2.75) is 87.7 Å². The fourth-order valence-electron chi connectivity index (χ4n) is 5.93. The van der Waals surface area contributed by atoms with E-state index < -0.39 is 34.8 Å². The van der Waals surface area contributed by atoms with E-state index >= 15 is 0 Å². The molecule has 204 valence electrons. The van der Waals surface area contributed by atoms with E-state index in [0.717, 1.165) is 47.8 Å². The average Bonchev–Trinajstić information content (AvgIpc) is 3.41. The van der Waals surface area contributed by atoms with Gasteiger partial charge in [-0.15, -0.1) is 0 Å². The predicted octanol–water partition coefficient (Wildman–Crippen LogP) is 9.60. The van der Waals surface area contributed by atoms with Crippen LogP contribution in [-0.4, -0.2) is 12.2 Å². The molecule has 0 unspecified atom stereocenters. The van der Waals surface area contributed by atoms with Crippen molar-refractivity contribution in [3.8, 4) is 0 Å².